The predicted octanol–water partition coefficient (Wildman–Crippen LogP) is 3.64. The molecule has 0 unspecified atom stereocenters. The van der Waals surface area contributed by atoms with Gasteiger partial charge in [0, 0.05) is 17.8 Å². The summed E-state index contributed by atoms with van der Waals surface area (Å²) in [7, 11) is 0. The third-order valence-corrected chi connectivity index (χ3v) is 3.07. The third kappa shape index (κ3) is 3.78. The van der Waals surface area contributed by atoms with Crippen LogP contribution in [0.3, 0.4) is 0 Å². The van der Waals surface area contributed by atoms with Crippen molar-refractivity contribution in [2.24, 2.45) is 0 Å². The van der Waals surface area contributed by atoms with Crippen LogP contribution in [0, 0.1) is 5.82 Å². The Kier molecular flexibility index (Phi) is 5.07. The SMILES string of the molecule is O=C(Nc1cccc(CCCCl)c1)c1ccncc1F. The second kappa shape index (κ2) is 7.01. The average molecular weight is 293 g/mol. The maximum absolute atomic E-state index is 13.5. The van der Waals surface area contributed by atoms with Gasteiger partial charge in [0.2, 0.25) is 0 Å². The van der Waals surface area contributed by atoms with Crippen LogP contribution in [-0.4, -0.2) is 16.8 Å². The highest BCUT2D eigenvalue weighted by atomic mass is 35.5. The smallest absolute Gasteiger partial charge is 0.258 e. The quantitative estimate of drug-likeness (QED) is 0.855. The summed E-state index contributed by atoms with van der Waals surface area (Å²) in [5, 5.41) is 2.68. The van der Waals surface area contributed by atoms with Crippen LogP contribution in [0.15, 0.2) is 42.7 Å². The number of hydrogen-bond donors (Lipinski definition) is 1. The first-order chi connectivity index (χ1) is 9.70. The van der Waals surface area contributed by atoms with E-state index in [1.54, 1.807) is 6.07 Å². The summed E-state index contributed by atoms with van der Waals surface area (Å²) >= 11 is 5.66. The molecule has 0 spiro atoms. The number of nitrogens with zero attached hydrogens (tertiary/aromatic N) is 1. The Morgan fingerprint density at radius 3 is 2.95 bits per heavy atom. The van der Waals surface area contributed by atoms with Crippen molar-refractivity contribution >= 4 is 23.2 Å². The van der Waals surface area contributed by atoms with E-state index in [4.69, 9.17) is 11.6 Å². The van der Waals surface area contributed by atoms with Crippen molar-refractivity contribution in [1.82, 2.24) is 4.98 Å². The van der Waals surface area contributed by atoms with E-state index in [0.717, 1.165) is 24.6 Å². The minimum atomic E-state index is -0.636. The topological polar surface area (TPSA) is 42.0 Å². The Hall–Kier alpha value is -1.94. The maximum atomic E-state index is 13.5. The molecule has 1 amide bonds. The van der Waals surface area contributed by atoms with Crippen LogP contribution < -0.4 is 5.32 Å². The number of amides is 1. The molecule has 0 saturated heterocycles. The minimum absolute atomic E-state index is 0.0221. The largest absolute Gasteiger partial charge is 0.322 e. The lowest BCUT2D eigenvalue weighted by Gasteiger charge is -2.07. The van der Waals surface area contributed by atoms with E-state index >= 15 is 0 Å². The first-order valence-corrected chi connectivity index (χ1v) is 6.80. The van der Waals surface area contributed by atoms with E-state index in [2.05, 4.69) is 10.3 Å². The maximum Gasteiger partial charge on any atom is 0.258 e. The zero-order valence-corrected chi connectivity index (χ0v) is 11.5. The Morgan fingerprint density at radius 1 is 1.35 bits per heavy atom. The van der Waals surface area contributed by atoms with Gasteiger partial charge in [0.05, 0.1) is 11.8 Å². The van der Waals surface area contributed by atoms with Gasteiger partial charge in [-0.1, -0.05) is 12.1 Å². The molecule has 0 aliphatic rings. The first-order valence-electron chi connectivity index (χ1n) is 6.26. The molecule has 0 atom stereocenters. The number of hydrogen-bond acceptors (Lipinski definition) is 2. The highest BCUT2D eigenvalue weighted by Crippen LogP contribution is 2.14. The molecular formula is C15H14ClFN2O. The molecule has 0 radical (unpaired) electrons. The van der Waals surface area contributed by atoms with E-state index in [9.17, 15) is 9.18 Å². The summed E-state index contributed by atoms with van der Waals surface area (Å²) in [6, 6.07) is 8.80. The van der Waals surface area contributed by atoms with E-state index in [1.165, 1.54) is 12.3 Å². The summed E-state index contributed by atoms with van der Waals surface area (Å²) in [6.07, 6.45) is 4.12. The van der Waals surface area contributed by atoms with Crippen molar-refractivity contribution in [2.75, 3.05) is 11.2 Å². The molecule has 1 N–H and O–H groups in total. The first kappa shape index (κ1) is 14.5. The van der Waals surface area contributed by atoms with E-state index in [-0.39, 0.29) is 5.56 Å². The molecule has 0 saturated carbocycles. The van der Waals surface area contributed by atoms with Crippen molar-refractivity contribution in [1.29, 1.82) is 0 Å². The summed E-state index contributed by atoms with van der Waals surface area (Å²) in [5.41, 5.74) is 1.70. The number of halogens is 2. The predicted molar refractivity (Wildman–Crippen MR) is 77.6 cm³/mol. The van der Waals surface area contributed by atoms with Crippen molar-refractivity contribution in [3.05, 3.63) is 59.7 Å². The molecule has 5 heteroatoms. The number of pyridine rings is 1. The third-order valence-electron chi connectivity index (χ3n) is 2.80. The molecule has 0 aliphatic heterocycles. The summed E-state index contributed by atoms with van der Waals surface area (Å²) < 4.78 is 13.5. The van der Waals surface area contributed by atoms with E-state index < -0.39 is 11.7 Å². The number of rotatable bonds is 5. The van der Waals surface area contributed by atoms with Crippen LogP contribution in [0.2, 0.25) is 0 Å². The lowest BCUT2D eigenvalue weighted by atomic mass is 10.1. The van der Waals surface area contributed by atoms with Gasteiger partial charge in [-0.15, -0.1) is 11.6 Å². The number of benzene rings is 1. The number of carbonyl (C=O) groups excluding carboxylic acids is 1. The minimum Gasteiger partial charge on any atom is -0.322 e. The zero-order valence-electron chi connectivity index (χ0n) is 10.8. The van der Waals surface area contributed by atoms with Gasteiger partial charge in [-0.25, -0.2) is 4.39 Å². The van der Waals surface area contributed by atoms with Gasteiger partial charge in [0.1, 0.15) is 0 Å². The molecule has 2 rings (SSSR count). The lowest BCUT2D eigenvalue weighted by Crippen LogP contribution is -2.14. The molecule has 3 nitrogen and oxygen atoms in total. The fourth-order valence-electron chi connectivity index (χ4n) is 1.83. The Balaban J connectivity index is 2.10. The van der Waals surface area contributed by atoms with Gasteiger partial charge in [-0.2, -0.15) is 0 Å². The molecule has 104 valence electrons. The average Bonchev–Trinajstić information content (AvgIpc) is 2.46. The van der Waals surface area contributed by atoms with Crippen molar-refractivity contribution in [3.8, 4) is 0 Å². The Morgan fingerprint density at radius 2 is 2.20 bits per heavy atom. The van der Waals surface area contributed by atoms with Crippen LogP contribution in [0.4, 0.5) is 10.1 Å². The van der Waals surface area contributed by atoms with Crippen LogP contribution in [0.1, 0.15) is 22.3 Å². The molecule has 1 aromatic carbocycles. The van der Waals surface area contributed by atoms with E-state index in [0.29, 0.717) is 11.6 Å². The lowest BCUT2D eigenvalue weighted by molar-refractivity contribution is 0.102. The van der Waals surface area contributed by atoms with Crippen molar-refractivity contribution < 1.29 is 9.18 Å². The van der Waals surface area contributed by atoms with E-state index in [1.807, 2.05) is 18.2 Å². The molecule has 20 heavy (non-hydrogen) atoms. The van der Waals surface area contributed by atoms with Crippen LogP contribution in [0.25, 0.3) is 0 Å². The van der Waals surface area contributed by atoms with Crippen LogP contribution in [-0.2, 0) is 6.42 Å². The fraction of sp³-hybridized carbons (Fsp3) is 0.200. The zero-order chi connectivity index (χ0) is 14.4. The van der Waals surface area contributed by atoms with Gasteiger partial charge >= 0.3 is 0 Å². The number of alkyl halides is 1. The molecule has 2 aromatic rings. The monoisotopic (exact) mass is 292 g/mol. The number of nitrogens with one attached hydrogen (secondary N) is 1. The summed E-state index contributed by atoms with van der Waals surface area (Å²) in [5.74, 6) is -0.526. The molecule has 0 aliphatic carbocycles. The summed E-state index contributed by atoms with van der Waals surface area (Å²) in [6.45, 7) is 0. The van der Waals surface area contributed by atoms with Crippen LogP contribution in [0.5, 0.6) is 0 Å². The Labute approximate surface area is 121 Å². The molecule has 0 fully saturated rings. The van der Waals surface area contributed by atoms with Gasteiger partial charge in [0.15, 0.2) is 5.82 Å². The highest BCUT2D eigenvalue weighted by Gasteiger charge is 2.11. The number of aromatic nitrogens is 1. The number of aryl methyl sites for hydroxylation is 1. The van der Waals surface area contributed by atoms with Gasteiger partial charge in [0.25, 0.3) is 5.91 Å². The van der Waals surface area contributed by atoms with Crippen LogP contribution >= 0.6 is 11.6 Å². The molecule has 1 aromatic heterocycles. The molecule has 0 bridgehead atoms. The fourth-order valence-corrected chi connectivity index (χ4v) is 1.97. The van der Waals surface area contributed by atoms with Gasteiger partial charge < -0.3 is 5.32 Å². The second-order valence-electron chi connectivity index (χ2n) is 4.30. The molecule has 1 heterocycles. The Bertz CT molecular complexity index is 604. The van der Waals surface area contributed by atoms with Gasteiger partial charge in [-0.05, 0) is 36.6 Å². The normalized spacial score (nSPS) is 10.3. The summed E-state index contributed by atoms with van der Waals surface area (Å²) in [4.78, 5) is 15.6. The number of carbonyl (C=O) groups is 1. The second-order valence-corrected chi connectivity index (χ2v) is 4.68. The standard InChI is InChI=1S/C15H14ClFN2O/c16-7-2-4-11-3-1-5-12(9-11)19-15(20)13-6-8-18-10-14(13)17/h1,3,5-6,8-10H,2,4,7H2,(H,19,20). The van der Waals surface area contributed by atoms with Crippen molar-refractivity contribution in [2.45, 2.75) is 12.8 Å². The van der Waals surface area contributed by atoms with Crippen molar-refractivity contribution in [3.63, 3.8) is 0 Å². The highest BCUT2D eigenvalue weighted by molar-refractivity contribution is 6.17. The number of anilines is 1. The van der Waals surface area contributed by atoms with Gasteiger partial charge in [-0.3, -0.25) is 9.78 Å². The molecular weight excluding hydrogens is 279 g/mol.